The number of hydrogen-bond acceptors (Lipinski definition) is 6. The van der Waals surface area contributed by atoms with Crippen LogP contribution in [0.15, 0.2) is 30.7 Å². The highest BCUT2D eigenvalue weighted by Crippen LogP contribution is 2.38. The molecule has 9 nitrogen and oxygen atoms in total. The van der Waals surface area contributed by atoms with Crippen molar-refractivity contribution in [1.29, 1.82) is 0 Å². The van der Waals surface area contributed by atoms with Crippen LogP contribution in [0.2, 0.25) is 0 Å². The molecule has 0 radical (unpaired) electrons. The molecule has 0 spiro atoms. The van der Waals surface area contributed by atoms with Crippen LogP contribution in [0.3, 0.4) is 0 Å². The van der Waals surface area contributed by atoms with Gasteiger partial charge in [-0.05, 0) is 52.3 Å². The Kier molecular flexibility index (Phi) is 6.62. The normalized spacial score (nSPS) is 17.8. The zero-order valence-electron chi connectivity index (χ0n) is 18.4. The molecule has 0 saturated heterocycles. The van der Waals surface area contributed by atoms with Crippen molar-refractivity contribution in [2.75, 3.05) is 11.5 Å². The summed E-state index contributed by atoms with van der Waals surface area (Å²) < 4.78 is 11.9. The van der Waals surface area contributed by atoms with Crippen LogP contribution >= 0.6 is 0 Å². The lowest BCUT2D eigenvalue weighted by Gasteiger charge is -2.39. The monoisotopic (exact) mass is 428 g/mol. The number of esters is 1. The van der Waals surface area contributed by atoms with Gasteiger partial charge in [-0.25, -0.2) is 14.6 Å². The fourth-order valence-electron chi connectivity index (χ4n) is 3.79. The first-order chi connectivity index (χ1) is 14.7. The van der Waals surface area contributed by atoms with E-state index in [1.165, 1.54) is 13.3 Å². The average molecular weight is 428 g/mol. The summed E-state index contributed by atoms with van der Waals surface area (Å²) in [6.45, 7) is 9.04. The van der Waals surface area contributed by atoms with Gasteiger partial charge in [-0.15, -0.1) is 0 Å². The number of ether oxygens (including phenoxy) is 2. The molecule has 2 unspecified atom stereocenters. The van der Waals surface area contributed by atoms with Crippen LogP contribution in [-0.2, 0) is 14.3 Å². The number of hydrogen-bond donors (Lipinski definition) is 1. The van der Waals surface area contributed by atoms with Crippen molar-refractivity contribution in [1.82, 2.24) is 14.9 Å². The number of carbonyl (C=O) groups excluding carboxylic acids is 3. The Hall–Kier alpha value is -3.36. The van der Waals surface area contributed by atoms with Crippen molar-refractivity contribution < 1.29 is 23.9 Å². The van der Waals surface area contributed by atoms with Gasteiger partial charge in [0.15, 0.2) is 5.69 Å². The number of benzene rings is 1. The number of nitrogens with one attached hydrogen (secondary N) is 1. The average Bonchev–Trinajstić information content (AvgIpc) is 3.17. The summed E-state index contributed by atoms with van der Waals surface area (Å²) in [6.07, 6.45) is 2.90. The summed E-state index contributed by atoms with van der Waals surface area (Å²) >= 11 is 0. The van der Waals surface area contributed by atoms with E-state index >= 15 is 0 Å². The van der Waals surface area contributed by atoms with E-state index in [1.807, 2.05) is 25.1 Å². The molecule has 166 valence electrons. The first-order valence-corrected chi connectivity index (χ1v) is 10.3. The van der Waals surface area contributed by atoms with Gasteiger partial charge in [0.1, 0.15) is 6.33 Å². The Morgan fingerprint density at radius 1 is 1.29 bits per heavy atom. The Morgan fingerprint density at radius 3 is 2.68 bits per heavy atom. The van der Waals surface area contributed by atoms with Crippen LogP contribution < -0.4 is 10.2 Å². The smallest absolute Gasteiger partial charge is 0.407 e. The molecule has 1 N–H and O–H groups in total. The molecule has 1 aliphatic rings. The van der Waals surface area contributed by atoms with E-state index in [0.29, 0.717) is 6.42 Å². The summed E-state index contributed by atoms with van der Waals surface area (Å²) in [5, 5.41) is 2.92. The van der Waals surface area contributed by atoms with Crippen molar-refractivity contribution in [3.05, 3.63) is 42.0 Å². The van der Waals surface area contributed by atoms with Crippen molar-refractivity contribution in [2.45, 2.75) is 59.2 Å². The maximum absolute atomic E-state index is 12.3. The number of amides is 2. The van der Waals surface area contributed by atoms with Gasteiger partial charge in [-0.1, -0.05) is 0 Å². The van der Waals surface area contributed by atoms with E-state index in [4.69, 9.17) is 9.47 Å². The van der Waals surface area contributed by atoms with Crippen LogP contribution in [0.25, 0.3) is 5.69 Å². The lowest BCUT2D eigenvalue weighted by molar-refractivity contribution is -0.117. The minimum absolute atomic E-state index is 0.0723. The minimum Gasteiger partial charge on any atom is -0.461 e. The zero-order chi connectivity index (χ0) is 22.7. The topological polar surface area (TPSA) is 103 Å². The molecule has 0 saturated carbocycles. The number of carbonyl (C=O) groups is 3. The number of fused-ring (bicyclic) bond motifs is 1. The van der Waals surface area contributed by atoms with Crippen LogP contribution in [0.5, 0.6) is 0 Å². The molecule has 2 atom stereocenters. The third-order valence-electron chi connectivity index (χ3n) is 5.00. The molecule has 9 heteroatoms. The first kappa shape index (κ1) is 22.3. The summed E-state index contributed by atoms with van der Waals surface area (Å²) in [5.41, 5.74) is 2.46. The molecule has 2 heterocycles. The largest absolute Gasteiger partial charge is 0.461 e. The van der Waals surface area contributed by atoms with E-state index < -0.39 is 12.1 Å². The van der Waals surface area contributed by atoms with Crippen LogP contribution in [0.4, 0.5) is 10.5 Å². The SMILES string of the molecule is CCOC(=O)c1cn(-c2ccc3c(c2)C(NC(=O)OC(C)C)CC(C)N3C(C)=O)cn1. The molecule has 3 rings (SSSR count). The lowest BCUT2D eigenvalue weighted by atomic mass is 9.91. The number of nitrogens with zero attached hydrogens (tertiary/aromatic N) is 3. The number of anilines is 1. The highest BCUT2D eigenvalue weighted by molar-refractivity contribution is 5.94. The Balaban J connectivity index is 1.98. The molecule has 0 fully saturated rings. The standard InChI is InChI=1S/C22H28N4O5/c1-6-30-21(28)19-11-25(12-23-19)16-7-8-20-17(10-16)18(24-22(29)31-13(2)3)9-14(4)26(20)15(5)27/h7-8,10-14,18H,6,9H2,1-5H3,(H,24,29). The van der Waals surface area contributed by atoms with Gasteiger partial charge < -0.3 is 24.3 Å². The quantitative estimate of drug-likeness (QED) is 0.733. The number of alkyl carbamates (subject to hydrolysis) is 1. The van der Waals surface area contributed by atoms with Gasteiger partial charge in [0, 0.05) is 36.1 Å². The number of imidazole rings is 1. The molecule has 1 aliphatic heterocycles. The van der Waals surface area contributed by atoms with Gasteiger partial charge in [-0.3, -0.25) is 4.79 Å². The maximum atomic E-state index is 12.3. The summed E-state index contributed by atoms with van der Waals surface area (Å²) in [7, 11) is 0. The second kappa shape index (κ2) is 9.20. The van der Waals surface area contributed by atoms with Gasteiger partial charge in [0.2, 0.25) is 5.91 Å². The van der Waals surface area contributed by atoms with Crippen molar-refractivity contribution in [2.24, 2.45) is 0 Å². The van der Waals surface area contributed by atoms with Crippen molar-refractivity contribution in [3.63, 3.8) is 0 Å². The zero-order valence-corrected chi connectivity index (χ0v) is 18.4. The molecule has 0 bridgehead atoms. The summed E-state index contributed by atoms with van der Waals surface area (Å²) in [5.74, 6) is -0.566. The molecular formula is C22H28N4O5. The van der Waals surface area contributed by atoms with Gasteiger partial charge in [0.25, 0.3) is 0 Å². The molecule has 31 heavy (non-hydrogen) atoms. The third kappa shape index (κ3) is 4.87. The minimum atomic E-state index is -0.507. The lowest BCUT2D eigenvalue weighted by Crippen LogP contribution is -2.45. The predicted molar refractivity (Wildman–Crippen MR) is 114 cm³/mol. The second-order valence-electron chi connectivity index (χ2n) is 7.75. The highest BCUT2D eigenvalue weighted by atomic mass is 16.6. The number of rotatable bonds is 5. The highest BCUT2D eigenvalue weighted by Gasteiger charge is 2.34. The van der Waals surface area contributed by atoms with E-state index in [1.54, 1.807) is 36.4 Å². The number of aromatic nitrogens is 2. The van der Waals surface area contributed by atoms with Crippen LogP contribution in [0.1, 0.15) is 63.1 Å². The van der Waals surface area contributed by atoms with Crippen molar-refractivity contribution in [3.8, 4) is 5.69 Å². The van der Waals surface area contributed by atoms with Crippen LogP contribution in [0, 0.1) is 0 Å². The summed E-state index contributed by atoms with van der Waals surface area (Å²) in [4.78, 5) is 42.3. The molecule has 2 amide bonds. The maximum Gasteiger partial charge on any atom is 0.407 e. The molecule has 2 aromatic rings. The molecule has 0 aliphatic carbocycles. The Morgan fingerprint density at radius 2 is 2.03 bits per heavy atom. The first-order valence-electron chi connectivity index (χ1n) is 10.3. The van der Waals surface area contributed by atoms with E-state index in [0.717, 1.165) is 16.9 Å². The Labute approximate surface area is 181 Å². The van der Waals surface area contributed by atoms with E-state index in [2.05, 4.69) is 10.3 Å². The van der Waals surface area contributed by atoms with Crippen LogP contribution in [-0.4, -0.2) is 46.3 Å². The molecular weight excluding hydrogens is 400 g/mol. The van der Waals surface area contributed by atoms with E-state index in [9.17, 15) is 14.4 Å². The van der Waals surface area contributed by atoms with Gasteiger partial charge in [0.05, 0.1) is 18.8 Å². The fraction of sp³-hybridized carbons (Fsp3) is 0.455. The van der Waals surface area contributed by atoms with Gasteiger partial charge in [-0.2, -0.15) is 0 Å². The third-order valence-corrected chi connectivity index (χ3v) is 5.00. The molecule has 1 aromatic carbocycles. The fourth-order valence-corrected chi connectivity index (χ4v) is 3.79. The Bertz CT molecular complexity index is 984. The van der Waals surface area contributed by atoms with Crippen molar-refractivity contribution >= 4 is 23.7 Å². The second-order valence-corrected chi connectivity index (χ2v) is 7.75. The predicted octanol–water partition coefficient (Wildman–Crippen LogP) is 3.37. The van der Waals surface area contributed by atoms with Gasteiger partial charge >= 0.3 is 12.1 Å². The van der Waals surface area contributed by atoms with E-state index in [-0.39, 0.29) is 36.4 Å². The summed E-state index contributed by atoms with van der Waals surface area (Å²) in [6, 6.07) is 5.14. The molecule has 1 aromatic heterocycles.